The number of aliphatic hydroxyl groups is 2. The molecular formula is C15H16N2O2. The Hall–Kier alpha value is -2.04. The molecule has 0 fully saturated rings. The largest absolute Gasteiger partial charge is 0.394 e. The van der Waals surface area contributed by atoms with Crippen molar-refractivity contribution in [2.45, 2.75) is 6.10 Å². The summed E-state index contributed by atoms with van der Waals surface area (Å²) in [4.78, 5) is 0. The molecule has 0 radical (unpaired) electrons. The van der Waals surface area contributed by atoms with Crippen LogP contribution in [0.2, 0.25) is 0 Å². The predicted octanol–water partition coefficient (Wildman–Crippen LogP) is 1.86. The van der Waals surface area contributed by atoms with Crippen LogP contribution in [0.25, 0.3) is 16.4 Å². The fourth-order valence-corrected chi connectivity index (χ4v) is 2.30. The molecule has 0 bridgehead atoms. The summed E-state index contributed by atoms with van der Waals surface area (Å²) < 4.78 is 2.13. The SMILES string of the molecule is OCC(O)CNc1cccc2c1ccc1cccn12. The van der Waals surface area contributed by atoms with Gasteiger partial charge in [0.1, 0.15) is 0 Å². The van der Waals surface area contributed by atoms with E-state index in [0.717, 1.165) is 22.1 Å². The maximum atomic E-state index is 9.41. The molecule has 4 nitrogen and oxygen atoms in total. The third-order valence-electron chi connectivity index (χ3n) is 3.28. The van der Waals surface area contributed by atoms with Gasteiger partial charge in [-0.15, -0.1) is 0 Å². The van der Waals surface area contributed by atoms with E-state index in [0.29, 0.717) is 6.54 Å². The van der Waals surface area contributed by atoms with Gasteiger partial charge in [-0.05, 0) is 36.4 Å². The van der Waals surface area contributed by atoms with Gasteiger partial charge in [0.25, 0.3) is 0 Å². The number of nitrogens with one attached hydrogen (secondary N) is 1. The molecule has 2 aromatic heterocycles. The van der Waals surface area contributed by atoms with E-state index in [1.54, 1.807) is 0 Å². The Morgan fingerprint density at radius 3 is 2.84 bits per heavy atom. The third kappa shape index (κ3) is 2.16. The zero-order chi connectivity index (χ0) is 13.2. The molecule has 0 saturated carbocycles. The summed E-state index contributed by atoms with van der Waals surface area (Å²) in [6.45, 7) is 0.0962. The van der Waals surface area contributed by atoms with Crippen molar-refractivity contribution in [1.82, 2.24) is 4.40 Å². The van der Waals surface area contributed by atoms with E-state index in [-0.39, 0.29) is 6.61 Å². The average molecular weight is 256 g/mol. The van der Waals surface area contributed by atoms with Crippen LogP contribution in [0, 0.1) is 0 Å². The second-order valence-electron chi connectivity index (χ2n) is 4.59. The monoisotopic (exact) mass is 256 g/mol. The minimum absolute atomic E-state index is 0.236. The van der Waals surface area contributed by atoms with Crippen molar-refractivity contribution in [3.63, 3.8) is 0 Å². The van der Waals surface area contributed by atoms with Crippen LogP contribution in [0.3, 0.4) is 0 Å². The first-order chi connectivity index (χ1) is 9.29. The standard InChI is InChI=1S/C15H16N2O2/c18-10-12(19)9-16-14-4-1-5-15-13(14)7-6-11-3-2-8-17(11)15/h1-8,12,16,18-19H,9-10H2. The first-order valence-electron chi connectivity index (χ1n) is 6.31. The van der Waals surface area contributed by atoms with Crippen LogP contribution in [-0.4, -0.2) is 33.9 Å². The normalized spacial score (nSPS) is 12.9. The summed E-state index contributed by atoms with van der Waals surface area (Å²) in [5.74, 6) is 0. The number of nitrogens with zero attached hydrogens (tertiary/aromatic N) is 1. The van der Waals surface area contributed by atoms with Crippen molar-refractivity contribution in [2.24, 2.45) is 0 Å². The lowest BCUT2D eigenvalue weighted by molar-refractivity contribution is 0.105. The lowest BCUT2D eigenvalue weighted by atomic mass is 10.1. The smallest absolute Gasteiger partial charge is 0.0942 e. The number of hydrogen-bond acceptors (Lipinski definition) is 3. The second-order valence-corrected chi connectivity index (χ2v) is 4.59. The molecule has 0 aliphatic carbocycles. The summed E-state index contributed by atoms with van der Waals surface area (Å²) in [5, 5.41) is 22.5. The van der Waals surface area contributed by atoms with Gasteiger partial charge >= 0.3 is 0 Å². The summed E-state index contributed by atoms with van der Waals surface area (Å²) in [5.41, 5.74) is 3.23. The maximum absolute atomic E-state index is 9.41. The molecule has 3 aromatic rings. The molecule has 2 heterocycles. The zero-order valence-electron chi connectivity index (χ0n) is 10.5. The first-order valence-corrected chi connectivity index (χ1v) is 6.31. The van der Waals surface area contributed by atoms with Gasteiger partial charge in [-0.2, -0.15) is 0 Å². The number of anilines is 1. The molecule has 98 valence electrons. The lowest BCUT2D eigenvalue weighted by Crippen LogP contribution is -2.23. The Bertz CT molecular complexity index is 706. The van der Waals surface area contributed by atoms with Crippen molar-refractivity contribution in [3.8, 4) is 0 Å². The lowest BCUT2D eigenvalue weighted by Gasteiger charge is -2.13. The van der Waals surface area contributed by atoms with Gasteiger partial charge in [-0.1, -0.05) is 6.07 Å². The van der Waals surface area contributed by atoms with Crippen molar-refractivity contribution < 1.29 is 10.2 Å². The maximum Gasteiger partial charge on any atom is 0.0942 e. The van der Waals surface area contributed by atoms with Gasteiger partial charge in [-0.25, -0.2) is 0 Å². The van der Waals surface area contributed by atoms with Crippen molar-refractivity contribution in [2.75, 3.05) is 18.5 Å². The number of aliphatic hydroxyl groups excluding tert-OH is 2. The number of aromatic nitrogens is 1. The average Bonchev–Trinajstić information content (AvgIpc) is 2.93. The summed E-state index contributed by atoms with van der Waals surface area (Å²) in [6.07, 6.45) is 1.29. The number of rotatable bonds is 4. The molecule has 0 spiro atoms. The van der Waals surface area contributed by atoms with Gasteiger partial charge in [0.2, 0.25) is 0 Å². The van der Waals surface area contributed by atoms with Gasteiger partial charge in [-0.3, -0.25) is 0 Å². The predicted molar refractivity (Wildman–Crippen MR) is 76.5 cm³/mol. The molecule has 1 aromatic carbocycles. The van der Waals surface area contributed by atoms with E-state index in [2.05, 4.69) is 34.0 Å². The van der Waals surface area contributed by atoms with Crippen molar-refractivity contribution in [3.05, 3.63) is 48.7 Å². The molecular weight excluding hydrogens is 240 g/mol. The molecule has 4 heteroatoms. The van der Waals surface area contributed by atoms with Crippen LogP contribution >= 0.6 is 0 Å². The first kappa shape index (κ1) is 12.0. The number of fused-ring (bicyclic) bond motifs is 3. The highest BCUT2D eigenvalue weighted by atomic mass is 16.3. The Kier molecular flexibility index (Phi) is 3.11. The van der Waals surface area contributed by atoms with Crippen LogP contribution < -0.4 is 5.32 Å². The third-order valence-corrected chi connectivity index (χ3v) is 3.28. The fourth-order valence-electron chi connectivity index (χ4n) is 2.30. The van der Waals surface area contributed by atoms with Crippen LogP contribution in [0.15, 0.2) is 48.7 Å². The fraction of sp³-hybridized carbons (Fsp3) is 0.200. The molecule has 1 unspecified atom stereocenters. The van der Waals surface area contributed by atoms with Crippen LogP contribution in [-0.2, 0) is 0 Å². The van der Waals surface area contributed by atoms with Crippen LogP contribution in [0.1, 0.15) is 0 Å². The number of pyridine rings is 1. The second kappa shape index (κ2) is 4.91. The summed E-state index contributed by atoms with van der Waals surface area (Å²) in [6, 6.07) is 14.2. The molecule has 19 heavy (non-hydrogen) atoms. The molecule has 0 amide bonds. The Morgan fingerprint density at radius 1 is 1.11 bits per heavy atom. The molecule has 3 rings (SSSR count). The number of hydrogen-bond donors (Lipinski definition) is 3. The van der Waals surface area contributed by atoms with Gasteiger partial charge in [0.05, 0.1) is 18.2 Å². The van der Waals surface area contributed by atoms with Gasteiger partial charge in [0, 0.05) is 29.3 Å². The number of benzene rings is 1. The summed E-state index contributed by atoms with van der Waals surface area (Å²) in [7, 11) is 0. The quantitative estimate of drug-likeness (QED) is 0.668. The highest BCUT2D eigenvalue weighted by molar-refractivity contribution is 5.93. The topological polar surface area (TPSA) is 56.9 Å². The minimum atomic E-state index is -0.745. The van der Waals surface area contributed by atoms with Crippen LogP contribution in [0.5, 0.6) is 0 Å². The Balaban J connectivity index is 2.05. The van der Waals surface area contributed by atoms with E-state index < -0.39 is 6.10 Å². The van der Waals surface area contributed by atoms with E-state index in [1.807, 2.05) is 24.4 Å². The molecule has 0 aliphatic heterocycles. The molecule has 0 aliphatic rings. The van der Waals surface area contributed by atoms with Gasteiger partial charge in [0.15, 0.2) is 0 Å². The van der Waals surface area contributed by atoms with E-state index >= 15 is 0 Å². The Labute approximate surface area is 110 Å². The zero-order valence-corrected chi connectivity index (χ0v) is 10.5. The molecule has 1 atom stereocenters. The van der Waals surface area contributed by atoms with Crippen molar-refractivity contribution >= 4 is 22.1 Å². The van der Waals surface area contributed by atoms with E-state index in [4.69, 9.17) is 5.11 Å². The highest BCUT2D eigenvalue weighted by Gasteiger charge is 2.06. The molecule has 3 N–H and O–H groups in total. The van der Waals surface area contributed by atoms with Gasteiger partial charge < -0.3 is 19.9 Å². The van der Waals surface area contributed by atoms with Crippen LogP contribution in [0.4, 0.5) is 5.69 Å². The summed E-state index contributed by atoms with van der Waals surface area (Å²) >= 11 is 0. The Morgan fingerprint density at radius 2 is 2.00 bits per heavy atom. The van der Waals surface area contributed by atoms with Crippen molar-refractivity contribution in [1.29, 1.82) is 0 Å². The molecule has 0 saturated heterocycles. The highest BCUT2D eigenvalue weighted by Crippen LogP contribution is 2.25. The van der Waals surface area contributed by atoms with E-state index in [9.17, 15) is 5.11 Å². The minimum Gasteiger partial charge on any atom is -0.394 e. The van der Waals surface area contributed by atoms with E-state index in [1.165, 1.54) is 0 Å².